The van der Waals surface area contributed by atoms with Crippen LogP contribution in [0.4, 0.5) is 0 Å². The summed E-state index contributed by atoms with van der Waals surface area (Å²) in [6.07, 6.45) is 5.47. The minimum atomic E-state index is -0.166. The lowest BCUT2D eigenvalue weighted by molar-refractivity contribution is 0.0938. The number of aromatic nitrogens is 3. The first-order valence-electron chi connectivity index (χ1n) is 8.88. The Hall–Kier alpha value is -3.47. The fourth-order valence-electron chi connectivity index (χ4n) is 2.98. The van der Waals surface area contributed by atoms with Crippen LogP contribution in [0.2, 0.25) is 0 Å². The van der Waals surface area contributed by atoms with Gasteiger partial charge in [-0.1, -0.05) is 35.9 Å². The van der Waals surface area contributed by atoms with Gasteiger partial charge in [0, 0.05) is 24.2 Å². The average Bonchev–Trinajstić information content (AvgIpc) is 3.12. The van der Waals surface area contributed by atoms with E-state index in [1.165, 1.54) is 5.56 Å². The van der Waals surface area contributed by atoms with Crippen molar-refractivity contribution in [3.63, 3.8) is 0 Å². The standard InChI is InChI=1S/C22H20N4O/c1-15-6-8-17(9-7-15)20-14-26-13-18(10-11-21(26)25-20)22(27)24-16(2)19-5-3-4-12-23-19/h3-14,16H,1-2H3,(H,24,27)/t16-/m1/s1. The van der Waals surface area contributed by atoms with Gasteiger partial charge in [0.1, 0.15) is 5.65 Å². The summed E-state index contributed by atoms with van der Waals surface area (Å²) in [7, 11) is 0. The number of amides is 1. The van der Waals surface area contributed by atoms with Crippen LogP contribution in [0.5, 0.6) is 0 Å². The number of carbonyl (C=O) groups excluding carboxylic acids is 1. The fourth-order valence-corrected chi connectivity index (χ4v) is 2.98. The number of hydrogen-bond acceptors (Lipinski definition) is 3. The van der Waals surface area contributed by atoms with Crippen LogP contribution in [-0.2, 0) is 0 Å². The number of nitrogens with zero attached hydrogens (tertiary/aromatic N) is 3. The molecular weight excluding hydrogens is 336 g/mol. The molecule has 3 aromatic heterocycles. The number of hydrogen-bond donors (Lipinski definition) is 1. The monoisotopic (exact) mass is 356 g/mol. The first-order valence-corrected chi connectivity index (χ1v) is 8.88. The van der Waals surface area contributed by atoms with E-state index < -0.39 is 0 Å². The van der Waals surface area contributed by atoms with Crippen molar-refractivity contribution in [2.45, 2.75) is 19.9 Å². The third-order valence-electron chi connectivity index (χ3n) is 4.54. The van der Waals surface area contributed by atoms with Crippen molar-refractivity contribution in [3.05, 3.63) is 90.0 Å². The number of carbonyl (C=O) groups is 1. The van der Waals surface area contributed by atoms with Gasteiger partial charge in [0.15, 0.2) is 0 Å². The molecule has 0 bridgehead atoms. The first kappa shape index (κ1) is 17.0. The highest BCUT2D eigenvalue weighted by atomic mass is 16.1. The Morgan fingerprint density at radius 2 is 1.85 bits per heavy atom. The van der Waals surface area contributed by atoms with E-state index in [2.05, 4.69) is 46.5 Å². The molecule has 4 aromatic rings. The van der Waals surface area contributed by atoms with Crippen molar-refractivity contribution in [2.75, 3.05) is 0 Å². The maximum atomic E-state index is 12.6. The molecule has 0 fully saturated rings. The van der Waals surface area contributed by atoms with Gasteiger partial charge in [0.2, 0.25) is 0 Å². The molecule has 0 unspecified atom stereocenters. The minimum Gasteiger partial charge on any atom is -0.344 e. The maximum absolute atomic E-state index is 12.6. The highest BCUT2D eigenvalue weighted by molar-refractivity contribution is 5.94. The molecule has 0 saturated carbocycles. The third-order valence-corrected chi connectivity index (χ3v) is 4.54. The van der Waals surface area contributed by atoms with Gasteiger partial charge >= 0.3 is 0 Å². The smallest absolute Gasteiger partial charge is 0.253 e. The SMILES string of the molecule is Cc1ccc(-c2cn3cc(C(=O)N[C@H](C)c4ccccn4)ccc3n2)cc1. The average molecular weight is 356 g/mol. The number of pyridine rings is 2. The van der Waals surface area contributed by atoms with Gasteiger partial charge in [-0.2, -0.15) is 0 Å². The molecule has 134 valence electrons. The predicted octanol–water partition coefficient (Wildman–Crippen LogP) is 4.20. The molecular formula is C22H20N4O. The second-order valence-electron chi connectivity index (χ2n) is 6.63. The molecule has 5 nitrogen and oxygen atoms in total. The van der Waals surface area contributed by atoms with Crippen LogP contribution in [0.1, 0.15) is 34.6 Å². The Labute approximate surface area is 157 Å². The van der Waals surface area contributed by atoms with E-state index in [1.54, 1.807) is 18.5 Å². The van der Waals surface area contributed by atoms with Crippen molar-refractivity contribution in [3.8, 4) is 11.3 Å². The fraction of sp³-hybridized carbons (Fsp3) is 0.136. The number of aryl methyl sites for hydroxylation is 1. The van der Waals surface area contributed by atoms with Crippen molar-refractivity contribution >= 4 is 11.6 Å². The normalized spacial score (nSPS) is 12.1. The maximum Gasteiger partial charge on any atom is 0.253 e. The molecule has 0 radical (unpaired) electrons. The van der Waals surface area contributed by atoms with Gasteiger partial charge in [0.25, 0.3) is 5.91 Å². The zero-order chi connectivity index (χ0) is 18.8. The van der Waals surface area contributed by atoms with Crippen LogP contribution in [-0.4, -0.2) is 20.3 Å². The summed E-state index contributed by atoms with van der Waals surface area (Å²) in [4.78, 5) is 21.5. The van der Waals surface area contributed by atoms with Crippen molar-refractivity contribution in [2.24, 2.45) is 0 Å². The zero-order valence-corrected chi connectivity index (χ0v) is 15.3. The van der Waals surface area contributed by atoms with E-state index in [0.717, 1.165) is 22.6 Å². The first-order chi connectivity index (χ1) is 13.1. The molecule has 27 heavy (non-hydrogen) atoms. The summed E-state index contributed by atoms with van der Waals surface area (Å²) in [6, 6.07) is 17.4. The molecule has 0 saturated heterocycles. The Balaban J connectivity index is 1.57. The molecule has 5 heteroatoms. The van der Waals surface area contributed by atoms with Gasteiger partial charge in [0.05, 0.1) is 23.0 Å². The lowest BCUT2D eigenvalue weighted by Gasteiger charge is -2.13. The van der Waals surface area contributed by atoms with Crippen molar-refractivity contribution in [1.82, 2.24) is 19.7 Å². The Kier molecular flexibility index (Phi) is 4.42. The summed E-state index contributed by atoms with van der Waals surface area (Å²) in [5, 5.41) is 2.99. The molecule has 1 aromatic carbocycles. The lowest BCUT2D eigenvalue weighted by atomic mass is 10.1. The van der Waals surface area contributed by atoms with Crippen molar-refractivity contribution < 1.29 is 4.79 Å². The van der Waals surface area contributed by atoms with Crippen LogP contribution in [0.3, 0.4) is 0 Å². The molecule has 1 amide bonds. The Morgan fingerprint density at radius 3 is 2.59 bits per heavy atom. The molecule has 0 aliphatic carbocycles. The molecule has 4 rings (SSSR count). The van der Waals surface area contributed by atoms with Gasteiger partial charge in [-0.3, -0.25) is 9.78 Å². The van der Waals surface area contributed by atoms with E-state index >= 15 is 0 Å². The summed E-state index contributed by atoms with van der Waals surface area (Å²) in [5.74, 6) is -0.138. The Morgan fingerprint density at radius 1 is 1.04 bits per heavy atom. The predicted molar refractivity (Wildman–Crippen MR) is 105 cm³/mol. The summed E-state index contributed by atoms with van der Waals surface area (Å²) in [5.41, 5.74) is 5.37. The molecule has 3 heterocycles. The molecule has 0 spiro atoms. The topological polar surface area (TPSA) is 59.3 Å². The summed E-state index contributed by atoms with van der Waals surface area (Å²) < 4.78 is 1.88. The van der Waals surface area contributed by atoms with Crippen LogP contribution < -0.4 is 5.32 Å². The lowest BCUT2D eigenvalue weighted by Crippen LogP contribution is -2.27. The van der Waals surface area contributed by atoms with E-state index in [4.69, 9.17) is 0 Å². The zero-order valence-electron chi connectivity index (χ0n) is 15.3. The number of rotatable bonds is 4. The van der Waals surface area contributed by atoms with E-state index in [1.807, 2.05) is 41.8 Å². The summed E-state index contributed by atoms with van der Waals surface area (Å²) >= 11 is 0. The molecule has 1 atom stereocenters. The van der Waals surface area contributed by atoms with Gasteiger partial charge in [-0.25, -0.2) is 4.98 Å². The van der Waals surface area contributed by atoms with Crippen molar-refractivity contribution in [1.29, 1.82) is 0 Å². The minimum absolute atomic E-state index is 0.138. The highest BCUT2D eigenvalue weighted by Crippen LogP contribution is 2.20. The number of nitrogens with one attached hydrogen (secondary N) is 1. The quantitative estimate of drug-likeness (QED) is 0.596. The van der Waals surface area contributed by atoms with Gasteiger partial charge in [-0.15, -0.1) is 0 Å². The molecule has 0 aliphatic rings. The molecule has 1 N–H and O–H groups in total. The number of imidazole rings is 1. The second kappa shape index (κ2) is 7.03. The second-order valence-corrected chi connectivity index (χ2v) is 6.63. The van der Waals surface area contributed by atoms with E-state index in [9.17, 15) is 4.79 Å². The van der Waals surface area contributed by atoms with Crippen LogP contribution in [0.15, 0.2) is 73.2 Å². The van der Waals surface area contributed by atoms with Crippen LogP contribution >= 0.6 is 0 Å². The number of benzene rings is 1. The van der Waals surface area contributed by atoms with Gasteiger partial charge < -0.3 is 9.72 Å². The third kappa shape index (κ3) is 3.58. The van der Waals surface area contributed by atoms with Gasteiger partial charge in [-0.05, 0) is 38.1 Å². The molecule has 0 aliphatic heterocycles. The van der Waals surface area contributed by atoms with E-state index in [-0.39, 0.29) is 11.9 Å². The van der Waals surface area contributed by atoms with E-state index in [0.29, 0.717) is 5.56 Å². The van der Waals surface area contributed by atoms with Crippen LogP contribution in [0.25, 0.3) is 16.9 Å². The highest BCUT2D eigenvalue weighted by Gasteiger charge is 2.13. The Bertz CT molecular complexity index is 1080. The summed E-state index contributed by atoms with van der Waals surface area (Å²) in [6.45, 7) is 3.98. The largest absolute Gasteiger partial charge is 0.344 e. The number of fused-ring (bicyclic) bond motifs is 1. The van der Waals surface area contributed by atoms with Crippen LogP contribution in [0, 0.1) is 6.92 Å².